The summed E-state index contributed by atoms with van der Waals surface area (Å²) in [4.78, 5) is 2.39. The molecule has 2 heterocycles. The van der Waals surface area contributed by atoms with E-state index in [-0.39, 0.29) is 17.2 Å². The van der Waals surface area contributed by atoms with E-state index in [1.807, 2.05) is 0 Å². The van der Waals surface area contributed by atoms with E-state index in [1.165, 1.54) is 19.3 Å². The predicted octanol–water partition coefficient (Wildman–Crippen LogP) is 1.81. The highest BCUT2D eigenvalue weighted by molar-refractivity contribution is 5.00. The topological polar surface area (TPSA) is 41.9 Å². The van der Waals surface area contributed by atoms with Crippen molar-refractivity contribution in [1.29, 1.82) is 0 Å². The Kier molecular flexibility index (Phi) is 4.10. The first kappa shape index (κ1) is 14.8. The van der Waals surface area contributed by atoms with Crippen LogP contribution in [0.25, 0.3) is 0 Å². The van der Waals surface area contributed by atoms with Crippen molar-refractivity contribution in [3.8, 4) is 0 Å². The van der Waals surface area contributed by atoms with Gasteiger partial charge in [0.2, 0.25) is 0 Å². The summed E-state index contributed by atoms with van der Waals surface area (Å²) in [7, 11) is 0. The van der Waals surface area contributed by atoms with Crippen LogP contribution >= 0.6 is 0 Å². The van der Waals surface area contributed by atoms with Crippen LogP contribution in [0.3, 0.4) is 0 Å². The highest BCUT2D eigenvalue weighted by atomic mass is 16.5. The Morgan fingerprint density at radius 2 is 1.90 bits per heavy atom. The second kappa shape index (κ2) is 5.56. The monoisotopic (exact) mass is 283 g/mol. The predicted molar refractivity (Wildman–Crippen MR) is 77.7 cm³/mol. The third-order valence-electron chi connectivity index (χ3n) is 5.79. The molecule has 3 aliphatic rings. The van der Waals surface area contributed by atoms with Crippen LogP contribution in [-0.4, -0.2) is 60.2 Å². The Morgan fingerprint density at radius 1 is 1.20 bits per heavy atom. The summed E-state index contributed by atoms with van der Waals surface area (Å²) in [5, 5.41) is 11.0. The van der Waals surface area contributed by atoms with E-state index in [1.54, 1.807) is 0 Å². The van der Waals surface area contributed by atoms with Gasteiger partial charge >= 0.3 is 0 Å². The number of aliphatic hydroxyl groups excluding tert-OH is 1. The van der Waals surface area contributed by atoms with Gasteiger partial charge in [-0.15, -0.1) is 0 Å². The summed E-state index contributed by atoms with van der Waals surface area (Å²) < 4.78 is 11.4. The molecule has 2 atom stereocenters. The fourth-order valence-corrected chi connectivity index (χ4v) is 4.16. The molecule has 0 amide bonds. The lowest BCUT2D eigenvalue weighted by Crippen LogP contribution is -2.60. The Hall–Kier alpha value is -0.160. The summed E-state index contributed by atoms with van der Waals surface area (Å²) in [6.45, 7) is 8.62. The van der Waals surface area contributed by atoms with Gasteiger partial charge in [0.15, 0.2) is 0 Å². The lowest BCUT2D eigenvalue weighted by Gasteiger charge is -2.52. The first-order valence-corrected chi connectivity index (χ1v) is 8.18. The molecular weight excluding hydrogens is 254 g/mol. The van der Waals surface area contributed by atoms with Gasteiger partial charge in [-0.2, -0.15) is 0 Å². The number of aliphatic hydroxyl groups is 1. The molecule has 0 aromatic rings. The molecule has 3 rings (SSSR count). The molecule has 1 saturated carbocycles. The lowest BCUT2D eigenvalue weighted by atomic mass is 9.68. The van der Waals surface area contributed by atoms with Crippen molar-refractivity contribution in [2.75, 3.05) is 32.9 Å². The first-order chi connectivity index (χ1) is 9.54. The zero-order valence-electron chi connectivity index (χ0n) is 12.9. The largest absolute Gasteiger partial charge is 0.391 e. The van der Waals surface area contributed by atoms with E-state index in [4.69, 9.17) is 9.47 Å². The van der Waals surface area contributed by atoms with Crippen molar-refractivity contribution in [1.82, 2.24) is 4.90 Å². The summed E-state index contributed by atoms with van der Waals surface area (Å²) in [6.07, 6.45) is 5.43. The van der Waals surface area contributed by atoms with Gasteiger partial charge in [-0.25, -0.2) is 0 Å². The van der Waals surface area contributed by atoms with Crippen molar-refractivity contribution in [2.45, 2.75) is 63.2 Å². The minimum Gasteiger partial charge on any atom is -0.391 e. The van der Waals surface area contributed by atoms with Crippen LogP contribution in [0.2, 0.25) is 0 Å². The molecule has 0 bridgehead atoms. The van der Waals surface area contributed by atoms with Gasteiger partial charge < -0.3 is 14.6 Å². The van der Waals surface area contributed by atoms with E-state index < -0.39 is 0 Å². The maximum Gasteiger partial charge on any atom is 0.0748 e. The van der Waals surface area contributed by atoms with Gasteiger partial charge in [-0.3, -0.25) is 4.90 Å². The van der Waals surface area contributed by atoms with Crippen LogP contribution in [0, 0.1) is 5.92 Å². The molecule has 0 aromatic carbocycles. The molecule has 1 aliphatic carbocycles. The molecule has 20 heavy (non-hydrogen) atoms. The minimum atomic E-state index is -0.276. The Balaban J connectivity index is 1.65. The normalized spacial score (nSPS) is 32.9. The Labute approximate surface area is 122 Å². The van der Waals surface area contributed by atoms with Crippen LogP contribution in [0.15, 0.2) is 0 Å². The third kappa shape index (κ3) is 2.63. The third-order valence-corrected chi connectivity index (χ3v) is 5.79. The van der Waals surface area contributed by atoms with Gasteiger partial charge in [-0.1, -0.05) is 0 Å². The van der Waals surface area contributed by atoms with Crippen molar-refractivity contribution in [3.05, 3.63) is 0 Å². The summed E-state index contributed by atoms with van der Waals surface area (Å²) in [5.41, 5.74) is -0.0539. The van der Waals surface area contributed by atoms with Gasteiger partial charge in [0, 0.05) is 25.2 Å². The SMILES string of the molecule is CC(C)(C(O)C1CCOC2(CCC2)C1)N1CCOCC1. The maximum absolute atomic E-state index is 11.0. The van der Waals surface area contributed by atoms with E-state index in [2.05, 4.69) is 18.7 Å². The van der Waals surface area contributed by atoms with E-state index in [0.29, 0.717) is 5.92 Å². The number of nitrogens with zero attached hydrogens (tertiary/aromatic N) is 1. The molecule has 0 radical (unpaired) electrons. The summed E-state index contributed by atoms with van der Waals surface area (Å²) in [6, 6.07) is 0. The van der Waals surface area contributed by atoms with Crippen LogP contribution < -0.4 is 0 Å². The Bertz CT molecular complexity index is 335. The molecule has 0 aromatic heterocycles. The number of rotatable bonds is 3. The molecule has 4 nitrogen and oxygen atoms in total. The lowest BCUT2D eigenvalue weighted by molar-refractivity contribution is -0.172. The van der Waals surface area contributed by atoms with Gasteiger partial charge in [0.25, 0.3) is 0 Å². The number of ether oxygens (including phenoxy) is 2. The molecule has 2 saturated heterocycles. The van der Waals surface area contributed by atoms with Crippen molar-refractivity contribution in [2.24, 2.45) is 5.92 Å². The molecule has 2 unspecified atom stereocenters. The van der Waals surface area contributed by atoms with Crippen LogP contribution in [0.5, 0.6) is 0 Å². The van der Waals surface area contributed by atoms with E-state index in [9.17, 15) is 5.11 Å². The standard InChI is InChI=1S/C16H29NO3/c1-15(2,17-7-10-19-11-8-17)14(18)13-4-9-20-16(12-13)5-3-6-16/h13-14,18H,3-12H2,1-2H3. The molecule has 116 valence electrons. The minimum absolute atomic E-state index is 0.116. The van der Waals surface area contributed by atoms with E-state index >= 15 is 0 Å². The molecular formula is C16H29NO3. The Morgan fingerprint density at radius 3 is 2.50 bits per heavy atom. The molecule has 4 heteroatoms. The number of morpholine rings is 1. The quantitative estimate of drug-likeness (QED) is 0.858. The smallest absolute Gasteiger partial charge is 0.0748 e. The zero-order valence-corrected chi connectivity index (χ0v) is 12.9. The number of hydrogen-bond donors (Lipinski definition) is 1. The van der Waals surface area contributed by atoms with Gasteiger partial charge in [-0.05, 0) is 51.9 Å². The summed E-state index contributed by atoms with van der Waals surface area (Å²) >= 11 is 0. The molecule has 3 fully saturated rings. The van der Waals surface area contributed by atoms with Crippen LogP contribution in [0.4, 0.5) is 0 Å². The average Bonchev–Trinajstić information content (AvgIpc) is 2.46. The van der Waals surface area contributed by atoms with E-state index in [0.717, 1.165) is 45.8 Å². The summed E-state index contributed by atoms with van der Waals surface area (Å²) in [5.74, 6) is 0.377. The highest BCUT2D eigenvalue weighted by Gasteiger charge is 2.47. The fourth-order valence-electron chi connectivity index (χ4n) is 4.16. The first-order valence-electron chi connectivity index (χ1n) is 8.18. The van der Waals surface area contributed by atoms with Crippen molar-refractivity contribution < 1.29 is 14.6 Å². The highest BCUT2D eigenvalue weighted by Crippen LogP contribution is 2.46. The van der Waals surface area contributed by atoms with Crippen molar-refractivity contribution >= 4 is 0 Å². The fraction of sp³-hybridized carbons (Fsp3) is 1.00. The second-order valence-electron chi connectivity index (χ2n) is 7.34. The zero-order chi connectivity index (χ0) is 14.2. The number of hydrogen-bond acceptors (Lipinski definition) is 4. The van der Waals surface area contributed by atoms with Gasteiger partial charge in [0.1, 0.15) is 0 Å². The van der Waals surface area contributed by atoms with Gasteiger partial charge in [0.05, 0.1) is 24.9 Å². The second-order valence-corrected chi connectivity index (χ2v) is 7.34. The molecule has 1 N–H and O–H groups in total. The average molecular weight is 283 g/mol. The molecule has 2 aliphatic heterocycles. The molecule has 1 spiro atoms. The van der Waals surface area contributed by atoms with Crippen LogP contribution in [0.1, 0.15) is 46.0 Å². The van der Waals surface area contributed by atoms with Crippen molar-refractivity contribution in [3.63, 3.8) is 0 Å². The van der Waals surface area contributed by atoms with Crippen LogP contribution in [-0.2, 0) is 9.47 Å². The maximum atomic E-state index is 11.0.